The third-order valence-electron chi connectivity index (χ3n) is 4.26. The predicted molar refractivity (Wildman–Crippen MR) is 85.6 cm³/mol. The zero-order valence-electron chi connectivity index (χ0n) is 13.2. The zero-order chi connectivity index (χ0) is 16.0. The normalized spacial score (nSPS) is 18.4. The summed E-state index contributed by atoms with van der Waals surface area (Å²) in [5.41, 5.74) is 2.91. The Hall–Kier alpha value is -2.49. The Kier molecular flexibility index (Phi) is 3.26. The van der Waals surface area contributed by atoms with Crippen molar-refractivity contribution in [1.82, 2.24) is 0 Å². The molecule has 4 rings (SSSR count). The Bertz CT molecular complexity index is 779. The van der Waals surface area contributed by atoms with Gasteiger partial charge in [-0.25, -0.2) is 0 Å². The minimum Gasteiger partial charge on any atom is -0.491 e. The van der Waals surface area contributed by atoms with Crippen molar-refractivity contribution in [3.63, 3.8) is 0 Å². The first-order valence-corrected chi connectivity index (χ1v) is 7.85. The Morgan fingerprint density at radius 2 is 1.91 bits per heavy atom. The van der Waals surface area contributed by atoms with Crippen molar-refractivity contribution < 1.29 is 19.0 Å². The van der Waals surface area contributed by atoms with Gasteiger partial charge >= 0.3 is 0 Å². The molecule has 0 fully saturated rings. The molecule has 1 aliphatic heterocycles. The standard InChI is InChI=1S/C19H18O4/c1-11(2)23-13-4-5-14-15(9-17(20)16(14)8-13)12-3-6-18-19(7-12)22-10-21-18/h3-8,11,15H,9-10H2,1-2H3/t15-/m0/s1. The van der Waals surface area contributed by atoms with Crippen LogP contribution in [0.25, 0.3) is 0 Å². The van der Waals surface area contributed by atoms with Crippen molar-refractivity contribution in [3.05, 3.63) is 53.1 Å². The first-order chi connectivity index (χ1) is 11.1. The van der Waals surface area contributed by atoms with E-state index >= 15 is 0 Å². The fraction of sp³-hybridized carbons (Fsp3) is 0.316. The van der Waals surface area contributed by atoms with E-state index in [0.29, 0.717) is 6.42 Å². The zero-order valence-corrected chi connectivity index (χ0v) is 13.2. The molecule has 23 heavy (non-hydrogen) atoms. The van der Waals surface area contributed by atoms with E-state index in [1.807, 2.05) is 50.2 Å². The highest BCUT2D eigenvalue weighted by atomic mass is 16.7. The third-order valence-corrected chi connectivity index (χ3v) is 4.26. The molecule has 0 amide bonds. The lowest BCUT2D eigenvalue weighted by molar-refractivity contribution is 0.0990. The number of fused-ring (bicyclic) bond motifs is 2. The molecule has 0 bridgehead atoms. The first-order valence-electron chi connectivity index (χ1n) is 7.85. The highest BCUT2D eigenvalue weighted by Gasteiger charge is 2.31. The molecule has 0 saturated carbocycles. The average Bonchev–Trinajstić information content (AvgIpc) is 3.11. The van der Waals surface area contributed by atoms with Gasteiger partial charge in [-0.05, 0) is 49.2 Å². The van der Waals surface area contributed by atoms with E-state index in [1.165, 1.54) is 0 Å². The van der Waals surface area contributed by atoms with Crippen molar-refractivity contribution in [1.29, 1.82) is 0 Å². The van der Waals surface area contributed by atoms with E-state index < -0.39 is 0 Å². The van der Waals surface area contributed by atoms with Gasteiger partial charge in [0, 0.05) is 17.9 Å². The summed E-state index contributed by atoms with van der Waals surface area (Å²) in [5.74, 6) is 2.50. The van der Waals surface area contributed by atoms with Crippen LogP contribution < -0.4 is 14.2 Å². The maximum absolute atomic E-state index is 12.4. The molecule has 0 aromatic heterocycles. The summed E-state index contributed by atoms with van der Waals surface area (Å²) in [7, 11) is 0. The summed E-state index contributed by atoms with van der Waals surface area (Å²) in [6.45, 7) is 4.21. The average molecular weight is 310 g/mol. The number of carbonyl (C=O) groups is 1. The Morgan fingerprint density at radius 3 is 2.74 bits per heavy atom. The van der Waals surface area contributed by atoms with Crippen LogP contribution in [0.3, 0.4) is 0 Å². The fourth-order valence-corrected chi connectivity index (χ4v) is 3.26. The largest absolute Gasteiger partial charge is 0.491 e. The van der Waals surface area contributed by atoms with Gasteiger partial charge in [-0.2, -0.15) is 0 Å². The van der Waals surface area contributed by atoms with Crippen LogP contribution in [-0.4, -0.2) is 18.7 Å². The fourth-order valence-electron chi connectivity index (χ4n) is 3.26. The number of benzene rings is 2. The Balaban J connectivity index is 1.70. The summed E-state index contributed by atoms with van der Waals surface area (Å²) >= 11 is 0. The molecule has 0 radical (unpaired) electrons. The molecule has 0 N–H and O–H groups in total. The number of hydrogen-bond donors (Lipinski definition) is 0. The van der Waals surface area contributed by atoms with E-state index in [1.54, 1.807) is 0 Å². The van der Waals surface area contributed by atoms with Gasteiger partial charge in [0.05, 0.1) is 6.10 Å². The van der Waals surface area contributed by atoms with Crippen molar-refractivity contribution in [2.45, 2.75) is 32.3 Å². The van der Waals surface area contributed by atoms with Gasteiger partial charge in [0.1, 0.15) is 5.75 Å². The van der Waals surface area contributed by atoms with Crippen LogP contribution >= 0.6 is 0 Å². The summed E-state index contributed by atoms with van der Waals surface area (Å²) in [5, 5.41) is 0. The maximum atomic E-state index is 12.4. The molecule has 1 heterocycles. The van der Waals surface area contributed by atoms with Gasteiger partial charge in [0.2, 0.25) is 6.79 Å². The summed E-state index contributed by atoms with van der Waals surface area (Å²) in [4.78, 5) is 12.4. The molecular formula is C19H18O4. The van der Waals surface area contributed by atoms with Gasteiger partial charge < -0.3 is 14.2 Å². The molecular weight excluding hydrogens is 292 g/mol. The van der Waals surface area contributed by atoms with Gasteiger partial charge in [-0.3, -0.25) is 4.79 Å². The van der Waals surface area contributed by atoms with Gasteiger partial charge in [-0.15, -0.1) is 0 Å². The van der Waals surface area contributed by atoms with E-state index in [4.69, 9.17) is 14.2 Å². The quantitative estimate of drug-likeness (QED) is 0.862. The molecule has 1 aliphatic carbocycles. The van der Waals surface area contributed by atoms with Crippen molar-refractivity contribution >= 4 is 5.78 Å². The SMILES string of the molecule is CC(C)Oc1ccc2c(c1)C(=O)C[C@H]2c1ccc2c(c1)OCO2. The molecule has 0 spiro atoms. The van der Waals surface area contributed by atoms with E-state index in [2.05, 4.69) is 0 Å². The Labute approximate surface area is 135 Å². The van der Waals surface area contributed by atoms with Crippen LogP contribution in [-0.2, 0) is 0 Å². The molecule has 2 aliphatic rings. The lowest BCUT2D eigenvalue weighted by Gasteiger charge is -2.14. The van der Waals surface area contributed by atoms with Crippen LogP contribution in [0.1, 0.15) is 47.7 Å². The number of Topliss-reactive ketones (excluding diaryl/α,β-unsaturated/α-hetero) is 1. The predicted octanol–water partition coefficient (Wildman–Crippen LogP) is 3.92. The first kappa shape index (κ1) is 14.1. The second kappa shape index (κ2) is 5.30. The number of ether oxygens (including phenoxy) is 3. The van der Waals surface area contributed by atoms with Gasteiger partial charge in [0.25, 0.3) is 0 Å². The van der Waals surface area contributed by atoms with Crippen LogP contribution in [0.15, 0.2) is 36.4 Å². The molecule has 2 aromatic rings. The van der Waals surface area contributed by atoms with E-state index in [0.717, 1.165) is 33.9 Å². The molecule has 0 unspecified atom stereocenters. The second-order valence-electron chi connectivity index (χ2n) is 6.21. The summed E-state index contributed by atoms with van der Waals surface area (Å²) in [6.07, 6.45) is 0.578. The van der Waals surface area contributed by atoms with E-state index in [-0.39, 0.29) is 24.6 Å². The minimum atomic E-state index is 0.0695. The van der Waals surface area contributed by atoms with Crippen LogP contribution in [0.4, 0.5) is 0 Å². The van der Waals surface area contributed by atoms with Gasteiger partial charge in [0.15, 0.2) is 17.3 Å². The highest BCUT2D eigenvalue weighted by molar-refractivity contribution is 6.02. The van der Waals surface area contributed by atoms with E-state index in [9.17, 15) is 4.79 Å². The molecule has 4 nitrogen and oxygen atoms in total. The number of carbonyl (C=O) groups excluding carboxylic acids is 1. The molecule has 1 atom stereocenters. The molecule has 2 aromatic carbocycles. The second-order valence-corrected chi connectivity index (χ2v) is 6.21. The lowest BCUT2D eigenvalue weighted by atomic mass is 9.92. The number of hydrogen-bond acceptors (Lipinski definition) is 4. The maximum Gasteiger partial charge on any atom is 0.231 e. The molecule has 4 heteroatoms. The van der Waals surface area contributed by atoms with Crippen molar-refractivity contribution in [2.75, 3.05) is 6.79 Å². The molecule has 118 valence electrons. The monoisotopic (exact) mass is 310 g/mol. The highest BCUT2D eigenvalue weighted by Crippen LogP contribution is 2.42. The van der Waals surface area contributed by atoms with Crippen molar-refractivity contribution in [2.24, 2.45) is 0 Å². The minimum absolute atomic E-state index is 0.0695. The topological polar surface area (TPSA) is 44.8 Å². The number of rotatable bonds is 3. The third kappa shape index (κ3) is 2.44. The van der Waals surface area contributed by atoms with Crippen LogP contribution in [0.5, 0.6) is 17.2 Å². The van der Waals surface area contributed by atoms with Gasteiger partial charge in [-0.1, -0.05) is 12.1 Å². The van der Waals surface area contributed by atoms with Crippen LogP contribution in [0, 0.1) is 0 Å². The summed E-state index contributed by atoms with van der Waals surface area (Å²) in [6, 6.07) is 11.7. The van der Waals surface area contributed by atoms with Crippen molar-refractivity contribution in [3.8, 4) is 17.2 Å². The summed E-state index contributed by atoms with van der Waals surface area (Å²) < 4.78 is 16.5. The Morgan fingerprint density at radius 1 is 1.09 bits per heavy atom. The smallest absolute Gasteiger partial charge is 0.231 e. The van der Waals surface area contributed by atoms with Crippen LogP contribution in [0.2, 0.25) is 0 Å². The lowest BCUT2D eigenvalue weighted by Crippen LogP contribution is -2.06. The number of ketones is 1. The molecule has 0 saturated heterocycles.